The van der Waals surface area contributed by atoms with Gasteiger partial charge in [-0.05, 0) is 49.1 Å². The second-order valence-corrected chi connectivity index (χ2v) is 9.28. The number of carbonyl (C=O) groups excluding carboxylic acids is 2. The van der Waals surface area contributed by atoms with Gasteiger partial charge in [-0.1, -0.05) is 43.1 Å². The maximum atomic E-state index is 13.9. The molecule has 2 aliphatic heterocycles. The van der Waals surface area contributed by atoms with Crippen LogP contribution >= 0.6 is 11.6 Å². The molecule has 0 aliphatic carbocycles. The van der Waals surface area contributed by atoms with Crippen LogP contribution in [0.1, 0.15) is 48.7 Å². The summed E-state index contributed by atoms with van der Waals surface area (Å²) in [7, 11) is 0. The largest absolute Gasteiger partial charge is 0.425 e. The van der Waals surface area contributed by atoms with Crippen LogP contribution in [-0.4, -0.2) is 45.4 Å². The van der Waals surface area contributed by atoms with E-state index >= 15 is 0 Å². The van der Waals surface area contributed by atoms with Gasteiger partial charge in [0.1, 0.15) is 17.6 Å². The molecule has 0 N–H and O–H groups in total. The SMILES string of the molecule is CCCCN1C(=O)c2c(nc(Oc3cccc(F)c3)n2Cc2ccc(Cl)cc2)N2CCC[C@H]2C1=O. The van der Waals surface area contributed by atoms with Gasteiger partial charge >= 0.3 is 6.01 Å². The molecule has 0 bridgehead atoms. The predicted octanol–water partition coefficient (Wildman–Crippen LogP) is 5.27. The number of hydrogen-bond acceptors (Lipinski definition) is 5. The van der Waals surface area contributed by atoms with E-state index in [1.165, 1.54) is 17.0 Å². The number of halogens is 2. The van der Waals surface area contributed by atoms with Crippen LogP contribution in [0.2, 0.25) is 5.02 Å². The van der Waals surface area contributed by atoms with Gasteiger partial charge in [0.2, 0.25) is 0 Å². The number of rotatable bonds is 7. The zero-order valence-corrected chi connectivity index (χ0v) is 20.2. The normalized spacial score (nSPS) is 17.4. The molecule has 35 heavy (non-hydrogen) atoms. The minimum absolute atomic E-state index is 0.166. The van der Waals surface area contributed by atoms with E-state index in [4.69, 9.17) is 21.3 Å². The number of amides is 2. The van der Waals surface area contributed by atoms with Crippen LogP contribution in [0.25, 0.3) is 0 Å². The highest BCUT2D eigenvalue weighted by Gasteiger charge is 2.45. The summed E-state index contributed by atoms with van der Waals surface area (Å²) in [4.78, 5) is 35.2. The lowest BCUT2D eigenvalue weighted by Gasteiger charge is -2.25. The lowest BCUT2D eigenvalue weighted by Crippen LogP contribution is -2.46. The van der Waals surface area contributed by atoms with Crippen molar-refractivity contribution in [1.82, 2.24) is 14.5 Å². The Morgan fingerprint density at radius 1 is 1.17 bits per heavy atom. The Morgan fingerprint density at radius 3 is 2.71 bits per heavy atom. The molecule has 5 rings (SSSR count). The summed E-state index contributed by atoms with van der Waals surface area (Å²) in [5.41, 5.74) is 1.18. The second kappa shape index (κ2) is 9.70. The monoisotopic (exact) mass is 496 g/mol. The van der Waals surface area contributed by atoms with Gasteiger partial charge in [-0.3, -0.25) is 19.1 Å². The fourth-order valence-electron chi connectivity index (χ4n) is 4.68. The van der Waals surface area contributed by atoms with Crippen LogP contribution in [-0.2, 0) is 11.3 Å². The number of anilines is 1. The summed E-state index contributed by atoms with van der Waals surface area (Å²) in [6, 6.07) is 12.8. The van der Waals surface area contributed by atoms with Gasteiger partial charge in [-0.2, -0.15) is 4.98 Å². The Hall–Kier alpha value is -3.39. The molecule has 0 saturated carbocycles. The molecule has 2 aromatic carbocycles. The van der Waals surface area contributed by atoms with Crippen molar-refractivity contribution < 1.29 is 18.7 Å². The van der Waals surface area contributed by atoms with Crippen molar-refractivity contribution in [3.05, 3.63) is 70.6 Å². The van der Waals surface area contributed by atoms with Gasteiger partial charge in [-0.15, -0.1) is 0 Å². The quantitative estimate of drug-likeness (QED) is 0.417. The van der Waals surface area contributed by atoms with Crippen molar-refractivity contribution in [2.45, 2.75) is 45.2 Å². The number of imide groups is 1. The highest BCUT2D eigenvalue weighted by Crippen LogP contribution is 2.37. The molecule has 7 nitrogen and oxygen atoms in total. The molecule has 3 aromatic rings. The number of unbranched alkanes of at least 4 members (excludes halogenated alkanes) is 1. The summed E-state index contributed by atoms with van der Waals surface area (Å²) in [5.74, 6) is -0.294. The molecule has 2 amide bonds. The number of ether oxygens (including phenoxy) is 1. The molecule has 1 saturated heterocycles. The summed E-state index contributed by atoms with van der Waals surface area (Å²) in [6.45, 7) is 3.26. The average molecular weight is 497 g/mol. The molecule has 182 valence electrons. The third-order valence-electron chi connectivity index (χ3n) is 6.43. The number of hydrogen-bond donors (Lipinski definition) is 0. The zero-order valence-electron chi connectivity index (χ0n) is 19.4. The standard InChI is InChI=1S/C26H26ClFN4O3/c1-2-3-13-31-24(33)21-8-5-14-30(21)23-22(25(31)34)32(16-17-9-11-18(27)12-10-17)26(29-23)35-20-7-4-6-19(28)15-20/h4,6-7,9-12,15,21H,2-3,5,8,13-14,16H2,1H3/t21-/m0/s1. The minimum atomic E-state index is -0.438. The number of carbonyl (C=O) groups is 2. The van der Waals surface area contributed by atoms with Crippen molar-refractivity contribution in [2.75, 3.05) is 18.0 Å². The fourth-order valence-corrected chi connectivity index (χ4v) is 4.80. The number of imidazole rings is 1. The Balaban J connectivity index is 1.65. The van der Waals surface area contributed by atoms with Gasteiger partial charge < -0.3 is 9.64 Å². The maximum Gasteiger partial charge on any atom is 0.304 e. The first-order valence-electron chi connectivity index (χ1n) is 11.9. The van der Waals surface area contributed by atoms with Crippen molar-refractivity contribution in [2.24, 2.45) is 0 Å². The lowest BCUT2D eigenvalue weighted by atomic mass is 10.2. The number of benzene rings is 2. The molecule has 1 fully saturated rings. The number of aromatic nitrogens is 2. The maximum absolute atomic E-state index is 13.9. The molecule has 1 aromatic heterocycles. The Kier molecular flexibility index (Phi) is 6.47. The molecule has 3 heterocycles. The van der Waals surface area contributed by atoms with E-state index < -0.39 is 11.9 Å². The second-order valence-electron chi connectivity index (χ2n) is 8.84. The highest BCUT2D eigenvalue weighted by atomic mass is 35.5. The zero-order chi connectivity index (χ0) is 24.5. The van der Waals surface area contributed by atoms with Crippen LogP contribution < -0.4 is 9.64 Å². The van der Waals surface area contributed by atoms with E-state index in [2.05, 4.69) is 0 Å². The van der Waals surface area contributed by atoms with E-state index in [0.717, 1.165) is 24.8 Å². The summed E-state index contributed by atoms with van der Waals surface area (Å²) >= 11 is 6.07. The molecule has 9 heteroatoms. The smallest absolute Gasteiger partial charge is 0.304 e. The number of fused-ring (bicyclic) bond motifs is 3. The van der Waals surface area contributed by atoms with Crippen LogP contribution in [0.15, 0.2) is 48.5 Å². The molecule has 2 aliphatic rings. The minimum Gasteiger partial charge on any atom is -0.425 e. The molecular weight excluding hydrogens is 471 g/mol. The molecule has 1 atom stereocenters. The molecular formula is C26H26ClFN4O3. The van der Waals surface area contributed by atoms with Crippen LogP contribution in [0.4, 0.5) is 10.2 Å². The average Bonchev–Trinajstić information content (AvgIpc) is 3.44. The first kappa shape index (κ1) is 23.4. The summed E-state index contributed by atoms with van der Waals surface area (Å²) < 4.78 is 21.6. The van der Waals surface area contributed by atoms with Crippen molar-refractivity contribution >= 4 is 29.2 Å². The summed E-state index contributed by atoms with van der Waals surface area (Å²) in [6.07, 6.45) is 3.07. The van der Waals surface area contributed by atoms with Gasteiger partial charge in [0.05, 0.1) is 6.54 Å². The molecule has 0 unspecified atom stereocenters. The predicted molar refractivity (Wildman–Crippen MR) is 131 cm³/mol. The van der Waals surface area contributed by atoms with Gasteiger partial charge in [0.25, 0.3) is 11.8 Å². The van der Waals surface area contributed by atoms with E-state index in [-0.39, 0.29) is 30.1 Å². The Bertz CT molecular complexity index is 1260. The van der Waals surface area contributed by atoms with Crippen LogP contribution in [0.3, 0.4) is 0 Å². The van der Waals surface area contributed by atoms with Gasteiger partial charge in [0, 0.05) is 24.2 Å². The van der Waals surface area contributed by atoms with Gasteiger partial charge in [0.15, 0.2) is 11.5 Å². The molecule has 0 radical (unpaired) electrons. The third kappa shape index (κ3) is 4.50. The number of nitrogens with zero attached hydrogens (tertiary/aromatic N) is 4. The first-order chi connectivity index (χ1) is 17.0. The van der Waals surface area contributed by atoms with Gasteiger partial charge in [-0.25, -0.2) is 4.39 Å². The fraction of sp³-hybridized carbons (Fsp3) is 0.346. The summed E-state index contributed by atoms with van der Waals surface area (Å²) in [5, 5.41) is 0.599. The van der Waals surface area contributed by atoms with E-state index in [1.54, 1.807) is 28.8 Å². The highest BCUT2D eigenvalue weighted by molar-refractivity contribution is 6.30. The molecule has 0 spiro atoms. The van der Waals surface area contributed by atoms with Crippen molar-refractivity contribution in [1.29, 1.82) is 0 Å². The lowest BCUT2D eigenvalue weighted by molar-refractivity contribution is -0.129. The third-order valence-corrected chi connectivity index (χ3v) is 6.68. The topological polar surface area (TPSA) is 67.7 Å². The van der Waals surface area contributed by atoms with Crippen LogP contribution in [0, 0.1) is 5.82 Å². The van der Waals surface area contributed by atoms with E-state index in [0.29, 0.717) is 36.0 Å². The van der Waals surface area contributed by atoms with E-state index in [9.17, 15) is 14.0 Å². The first-order valence-corrected chi connectivity index (χ1v) is 12.2. The van der Waals surface area contributed by atoms with E-state index in [1.807, 2.05) is 24.0 Å². The Morgan fingerprint density at radius 2 is 1.97 bits per heavy atom. The van der Waals surface area contributed by atoms with Crippen molar-refractivity contribution in [3.63, 3.8) is 0 Å². The van der Waals surface area contributed by atoms with Crippen LogP contribution in [0.5, 0.6) is 11.8 Å². The van der Waals surface area contributed by atoms with Crippen molar-refractivity contribution in [3.8, 4) is 11.8 Å². The Labute approximate surface area is 208 Å².